The quantitative estimate of drug-likeness (QED) is 0.861. The third-order valence-corrected chi connectivity index (χ3v) is 4.97. The predicted molar refractivity (Wildman–Crippen MR) is 97.5 cm³/mol. The first kappa shape index (κ1) is 16.2. The van der Waals surface area contributed by atoms with Crippen molar-refractivity contribution in [3.05, 3.63) is 59.2 Å². The van der Waals surface area contributed by atoms with Crippen molar-refractivity contribution < 1.29 is 4.84 Å². The van der Waals surface area contributed by atoms with Crippen molar-refractivity contribution in [3.8, 4) is 0 Å². The maximum absolute atomic E-state index is 5.71. The third-order valence-electron chi connectivity index (χ3n) is 4.97. The van der Waals surface area contributed by atoms with Gasteiger partial charge < -0.3 is 4.84 Å². The summed E-state index contributed by atoms with van der Waals surface area (Å²) in [5.74, 6) is 1.61. The van der Waals surface area contributed by atoms with Crippen LogP contribution < -0.4 is 0 Å². The van der Waals surface area contributed by atoms with Crippen molar-refractivity contribution in [3.63, 3.8) is 0 Å². The summed E-state index contributed by atoms with van der Waals surface area (Å²) < 4.78 is 0. The Morgan fingerprint density at radius 2 is 1.84 bits per heavy atom. The first-order valence-electron chi connectivity index (χ1n) is 8.94. The molecule has 1 saturated heterocycles. The van der Waals surface area contributed by atoms with Crippen LogP contribution in [-0.2, 0) is 11.4 Å². The molecule has 2 atom stereocenters. The molecule has 0 amide bonds. The van der Waals surface area contributed by atoms with Gasteiger partial charge in [0.25, 0.3) is 0 Å². The summed E-state index contributed by atoms with van der Waals surface area (Å²) in [7, 11) is 0. The monoisotopic (exact) mass is 336 g/mol. The number of benzene rings is 1. The van der Waals surface area contributed by atoms with E-state index in [9.17, 15) is 0 Å². The van der Waals surface area contributed by atoms with E-state index in [1.54, 1.807) is 0 Å². The summed E-state index contributed by atoms with van der Waals surface area (Å²) in [6, 6.07) is 8.54. The fourth-order valence-electron chi connectivity index (χ4n) is 3.54. The van der Waals surface area contributed by atoms with Crippen LogP contribution in [0.25, 0.3) is 0 Å². The van der Waals surface area contributed by atoms with E-state index in [-0.39, 0.29) is 6.10 Å². The molecule has 3 heterocycles. The molecule has 2 aliphatic rings. The highest BCUT2D eigenvalue weighted by atomic mass is 16.6. The smallest absolute Gasteiger partial charge is 0.149 e. The van der Waals surface area contributed by atoms with Gasteiger partial charge in [-0.3, -0.25) is 4.90 Å². The van der Waals surface area contributed by atoms with Gasteiger partial charge in [0.1, 0.15) is 11.9 Å². The molecule has 0 spiro atoms. The fourth-order valence-corrected chi connectivity index (χ4v) is 3.54. The van der Waals surface area contributed by atoms with Crippen LogP contribution in [0, 0.1) is 12.8 Å². The molecule has 2 aliphatic heterocycles. The van der Waals surface area contributed by atoms with Crippen LogP contribution in [0.4, 0.5) is 0 Å². The maximum atomic E-state index is 5.71. The normalized spacial score (nSPS) is 22.8. The Morgan fingerprint density at radius 1 is 1.12 bits per heavy atom. The number of hydrogen-bond acceptors (Lipinski definition) is 5. The number of likely N-dealkylation sites (tertiary alicyclic amines) is 1. The van der Waals surface area contributed by atoms with Crippen LogP contribution in [-0.4, -0.2) is 39.8 Å². The standard InChI is InChI=1S/C20H24N4O/c1-13(2)20-21-8-15(9-22-20)10-24-11-17-18(12-24)25-23-19(17)16-6-4-14(3)5-7-16/h4-9,13,17-18H,10-12H2,1-3H3. The molecule has 1 aromatic heterocycles. The van der Waals surface area contributed by atoms with Crippen LogP contribution in [0.3, 0.4) is 0 Å². The molecule has 130 valence electrons. The molecular weight excluding hydrogens is 312 g/mol. The van der Waals surface area contributed by atoms with Gasteiger partial charge in [0.2, 0.25) is 0 Å². The molecular formula is C20H24N4O. The topological polar surface area (TPSA) is 50.6 Å². The Bertz CT molecular complexity index is 767. The lowest BCUT2D eigenvalue weighted by atomic mass is 9.94. The van der Waals surface area contributed by atoms with E-state index in [0.717, 1.165) is 36.7 Å². The van der Waals surface area contributed by atoms with Crippen LogP contribution in [0.15, 0.2) is 41.8 Å². The summed E-state index contributed by atoms with van der Waals surface area (Å²) >= 11 is 0. The van der Waals surface area contributed by atoms with E-state index in [1.165, 1.54) is 11.1 Å². The molecule has 0 bridgehead atoms. The molecule has 1 fully saturated rings. The Morgan fingerprint density at radius 3 is 2.52 bits per heavy atom. The molecule has 2 aromatic rings. The first-order chi connectivity index (χ1) is 12.1. The van der Waals surface area contributed by atoms with Crippen molar-refractivity contribution in [2.75, 3.05) is 13.1 Å². The highest BCUT2D eigenvalue weighted by molar-refractivity contribution is 6.03. The zero-order valence-electron chi connectivity index (χ0n) is 15.0. The Kier molecular flexibility index (Phi) is 4.25. The number of nitrogens with zero attached hydrogens (tertiary/aromatic N) is 4. The Balaban J connectivity index is 1.43. The maximum Gasteiger partial charge on any atom is 0.149 e. The second kappa shape index (κ2) is 6.56. The minimum atomic E-state index is 0.159. The number of hydrogen-bond donors (Lipinski definition) is 0. The average Bonchev–Trinajstić information content (AvgIpc) is 3.16. The molecule has 5 nitrogen and oxygen atoms in total. The molecule has 1 aromatic carbocycles. The number of aryl methyl sites for hydroxylation is 1. The van der Waals surface area contributed by atoms with Gasteiger partial charge in [0.05, 0.1) is 11.6 Å². The summed E-state index contributed by atoms with van der Waals surface area (Å²) in [5, 5.41) is 4.36. The molecule has 25 heavy (non-hydrogen) atoms. The Hall–Kier alpha value is -2.27. The van der Waals surface area contributed by atoms with E-state index in [2.05, 4.69) is 65.1 Å². The largest absolute Gasteiger partial charge is 0.390 e. The van der Waals surface area contributed by atoms with Crippen LogP contribution >= 0.6 is 0 Å². The number of oxime groups is 1. The van der Waals surface area contributed by atoms with Gasteiger partial charge in [-0.25, -0.2) is 9.97 Å². The van der Waals surface area contributed by atoms with Crippen LogP contribution in [0.1, 0.15) is 42.3 Å². The molecule has 5 heteroatoms. The first-order valence-corrected chi connectivity index (χ1v) is 8.94. The van der Waals surface area contributed by atoms with E-state index in [1.807, 2.05) is 12.4 Å². The van der Waals surface area contributed by atoms with Crippen LogP contribution in [0.2, 0.25) is 0 Å². The second-order valence-corrected chi connectivity index (χ2v) is 7.39. The highest BCUT2D eigenvalue weighted by Crippen LogP contribution is 2.31. The summed E-state index contributed by atoms with van der Waals surface area (Å²) in [4.78, 5) is 17.1. The van der Waals surface area contributed by atoms with Gasteiger partial charge in [-0.15, -0.1) is 0 Å². The number of rotatable bonds is 4. The molecule has 4 rings (SSSR count). The van der Waals surface area contributed by atoms with Crippen molar-refractivity contribution in [1.29, 1.82) is 0 Å². The zero-order valence-corrected chi connectivity index (χ0v) is 15.0. The molecule has 0 N–H and O–H groups in total. The minimum absolute atomic E-state index is 0.159. The van der Waals surface area contributed by atoms with Gasteiger partial charge in [0.15, 0.2) is 0 Å². The van der Waals surface area contributed by atoms with E-state index in [4.69, 9.17) is 4.84 Å². The van der Waals surface area contributed by atoms with Gasteiger partial charge in [-0.2, -0.15) is 0 Å². The molecule has 0 aliphatic carbocycles. The molecule has 0 radical (unpaired) electrons. The van der Waals surface area contributed by atoms with Gasteiger partial charge >= 0.3 is 0 Å². The summed E-state index contributed by atoms with van der Waals surface area (Å²) in [5.41, 5.74) is 4.67. The predicted octanol–water partition coefficient (Wildman–Crippen LogP) is 3.14. The van der Waals surface area contributed by atoms with Crippen molar-refractivity contribution >= 4 is 5.71 Å². The minimum Gasteiger partial charge on any atom is -0.390 e. The van der Waals surface area contributed by atoms with E-state index >= 15 is 0 Å². The SMILES string of the molecule is Cc1ccc(C2=NOC3CN(Cc4cnc(C(C)C)nc4)CC23)cc1. The highest BCUT2D eigenvalue weighted by Gasteiger charge is 2.42. The van der Waals surface area contributed by atoms with Crippen molar-refractivity contribution in [1.82, 2.24) is 14.9 Å². The van der Waals surface area contributed by atoms with Gasteiger partial charge in [-0.1, -0.05) is 48.8 Å². The van der Waals surface area contributed by atoms with E-state index < -0.39 is 0 Å². The van der Waals surface area contributed by atoms with Crippen molar-refractivity contribution in [2.45, 2.75) is 39.3 Å². The molecule has 2 unspecified atom stereocenters. The second-order valence-electron chi connectivity index (χ2n) is 7.39. The number of fused-ring (bicyclic) bond motifs is 1. The lowest BCUT2D eigenvalue weighted by molar-refractivity contribution is 0.0745. The van der Waals surface area contributed by atoms with Crippen molar-refractivity contribution in [2.24, 2.45) is 11.1 Å². The summed E-state index contributed by atoms with van der Waals surface area (Å²) in [6.07, 6.45) is 4.06. The molecule has 0 saturated carbocycles. The van der Waals surface area contributed by atoms with Gasteiger partial charge in [0, 0.05) is 43.5 Å². The lowest BCUT2D eigenvalue weighted by Gasteiger charge is -2.16. The summed E-state index contributed by atoms with van der Waals surface area (Å²) in [6.45, 7) is 9.04. The lowest BCUT2D eigenvalue weighted by Crippen LogP contribution is -2.23. The van der Waals surface area contributed by atoms with Gasteiger partial charge in [-0.05, 0) is 12.5 Å². The average molecular weight is 336 g/mol. The van der Waals surface area contributed by atoms with E-state index in [0.29, 0.717) is 11.8 Å². The zero-order chi connectivity index (χ0) is 17.4. The number of aromatic nitrogens is 2. The van der Waals surface area contributed by atoms with Crippen LogP contribution in [0.5, 0.6) is 0 Å². The Labute approximate surface area is 148 Å². The third kappa shape index (κ3) is 3.29. The fraction of sp³-hybridized carbons (Fsp3) is 0.450.